The summed E-state index contributed by atoms with van der Waals surface area (Å²) in [6.45, 7) is 2.43. The van der Waals surface area contributed by atoms with E-state index in [4.69, 9.17) is 4.74 Å². The Hall–Kier alpha value is -3.82. The summed E-state index contributed by atoms with van der Waals surface area (Å²) in [5, 5.41) is 13.4. The first kappa shape index (κ1) is 20.5. The van der Waals surface area contributed by atoms with E-state index in [2.05, 4.69) is 44.5 Å². The van der Waals surface area contributed by atoms with Gasteiger partial charge in [-0.15, -0.1) is 11.3 Å². The molecule has 1 aliphatic heterocycles. The van der Waals surface area contributed by atoms with Crippen LogP contribution in [0.3, 0.4) is 0 Å². The molecule has 4 aromatic heterocycles. The van der Waals surface area contributed by atoms with Crippen LogP contribution in [0.5, 0.6) is 0 Å². The third kappa shape index (κ3) is 3.30. The average molecular weight is 483 g/mol. The van der Waals surface area contributed by atoms with Crippen molar-refractivity contribution in [3.63, 3.8) is 0 Å². The number of pyridine rings is 1. The van der Waals surface area contributed by atoms with Crippen LogP contribution in [-0.2, 0) is 18.2 Å². The van der Waals surface area contributed by atoms with Crippen LogP contribution in [0, 0.1) is 0 Å². The van der Waals surface area contributed by atoms with Crippen LogP contribution in [0.15, 0.2) is 48.8 Å². The average Bonchev–Trinajstić information content (AvgIpc) is 3.66. The molecule has 1 saturated heterocycles. The molecule has 1 amide bonds. The Balaban J connectivity index is 1.20. The molecule has 5 aromatic rings. The normalized spacial score (nSPS) is 14.9. The lowest BCUT2D eigenvalue weighted by Crippen LogP contribution is -2.40. The van der Waals surface area contributed by atoms with E-state index < -0.39 is 0 Å². The minimum Gasteiger partial charge on any atom is -0.378 e. The van der Waals surface area contributed by atoms with Crippen molar-refractivity contribution in [1.29, 1.82) is 0 Å². The molecule has 1 aromatic carbocycles. The highest BCUT2D eigenvalue weighted by Gasteiger charge is 2.28. The summed E-state index contributed by atoms with van der Waals surface area (Å²) >= 11 is 1.73. The van der Waals surface area contributed by atoms with Gasteiger partial charge in [0.2, 0.25) is 0 Å². The van der Waals surface area contributed by atoms with Crippen LogP contribution >= 0.6 is 11.3 Å². The summed E-state index contributed by atoms with van der Waals surface area (Å²) in [5.74, 6) is 0.0342. The van der Waals surface area contributed by atoms with Crippen molar-refractivity contribution < 1.29 is 9.53 Å². The summed E-state index contributed by atoms with van der Waals surface area (Å²) in [6.07, 6.45) is 4.43. The number of hydrogen-bond donors (Lipinski definition) is 1. The minimum atomic E-state index is 0.0342. The lowest BCUT2D eigenvalue weighted by molar-refractivity contribution is 0.0303. The number of benzene rings is 1. The molecule has 1 aliphatic carbocycles. The Labute approximate surface area is 205 Å². The van der Waals surface area contributed by atoms with Gasteiger partial charge in [-0.05, 0) is 24.3 Å². The van der Waals surface area contributed by atoms with E-state index >= 15 is 0 Å². The molecular formula is C26H22N6O2S. The number of rotatable bonds is 3. The molecule has 0 unspecified atom stereocenters. The predicted molar refractivity (Wildman–Crippen MR) is 134 cm³/mol. The number of morpholine rings is 1. The van der Waals surface area contributed by atoms with Crippen molar-refractivity contribution in [3.8, 4) is 33.1 Å². The van der Waals surface area contributed by atoms with Gasteiger partial charge in [-0.2, -0.15) is 10.2 Å². The maximum atomic E-state index is 12.9. The topological polar surface area (TPSA) is 88.9 Å². The predicted octanol–water partition coefficient (Wildman–Crippen LogP) is 4.13. The Bertz CT molecular complexity index is 1610. The van der Waals surface area contributed by atoms with Gasteiger partial charge in [-0.3, -0.25) is 19.6 Å². The van der Waals surface area contributed by atoms with Gasteiger partial charge in [0.25, 0.3) is 5.91 Å². The third-order valence-electron chi connectivity index (χ3n) is 6.86. The second-order valence-corrected chi connectivity index (χ2v) is 10.1. The first-order valence-corrected chi connectivity index (χ1v) is 12.4. The van der Waals surface area contributed by atoms with Crippen molar-refractivity contribution in [1.82, 2.24) is 29.9 Å². The van der Waals surface area contributed by atoms with Gasteiger partial charge >= 0.3 is 0 Å². The molecule has 0 atom stereocenters. The van der Waals surface area contributed by atoms with Gasteiger partial charge in [0, 0.05) is 65.3 Å². The van der Waals surface area contributed by atoms with Crippen molar-refractivity contribution in [2.45, 2.75) is 6.42 Å². The number of carbonyl (C=O) groups excluding carboxylic acids is 1. The fourth-order valence-electron chi connectivity index (χ4n) is 5.00. The van der Waals surface area contributed by atoms with Crippen LogP contribution in [-0.4, -0.2) is 62.1 Å². The fraction of sp³-hybridized carbons (Fsp3) is 0.231. The Morgan fingerprint density at radius 2 is 2.03 bits per heavy atom. The lowest BCUT2D eigenvalue weighted by atomic mass is 10.0. The van der Waals surface area contributed by atoms with E-state index in [1.165, 1.54) is 16.0 Å². The second kappa shape index (κ2) is 7.86. The summed E-state index contributed by atoms with van der Waals surface area (Å²) < 4.78 is 7.26. The Kier molecular flexibility index (Phi) is 4.61. The second-order valence-electron chi connectivity index (χ2n) is 8.93. The maximum absolute atomic E-state index is 12.9. The van der Waals surface area contributed by atoms with Gasteiger partial charge in [0.15, 0.2) is 0 Å². The molecule has 1 N–H and O–H groups in total. The zero-order chi connectivity index (χ0) is 23.5. The molecule has 35 heavy (non-hydrogen) atoms. The monoisotopic (exact) mass is 482 g/mol. The largest absolute Gasteiger partial charge is 0.378 e. The van der Waals surface area contributed by atoms with Gasteiger partial charge in [0.1, 0.15) is 0 Å². The minimum absolute atomic E-state index is 0.0342. The van der Waals surface area contributed by atoms with Crippen LogP contribution < -0.4 is 0 Å². The van der Waals surface area contributed by atoms with Crippen LogP contribution in [0.25, 0.3) is 44.0 Å². The first-order valence-electron chi connectivity index (χ1n) is 11.6. The van der Waals surface area contributed by atoms with Gasteiger partial charge in [-0.25, -0.2) is 0 Å². The number of aromatic nitrogens is 5. The third-order valence-corrected chi connectivity index (χ3v) is 8.02. The zero-order valence-corrected chi connectivity index (χ0v) is 19.9. The van der Waals surface area contributed by atoms with E-state index in [9.17, 15) is 4.79 Å². The fourth-order valence-corrected chi connectivity index (χ4v) is 6.14. The number of aromatic amines is 1. The number of aryl methyl sites for hydroxylation is 1. The summed E-state index contributed by atoms with van der Waals surface area (Å²) in [6, 6.07) is 12.2. The highest BCUT2D eigenvalue weighted by molar-refractivity contribution is 7.16. The molecule has 174 valence electrons. The number of amides is 1. The number of carbonyl (C=O) groups is 1. The number of nitrogens with zero attached hydrogens (tertiary/aromatic N) is 5. The van der Waals surface area contributed by atoms with Gasteiger partial charge < -0.3 is 9.64 Å². The van der Waals surface area contributed by atoms with E-state index in [1.54, 1.807) is 23.6 Å². The molecule has 0 spiro atoms. The quantitative estimate of drug-likeness (QED) is 0.410. The van der Waals surface area contributed by atoms with Crippen LogP contribution in [0.2, 0.25) is 0 Å². The number of H-pyrrole nitrogens is 1. The standard InChI is InChI=1S/C26H22N6O2S/c1-31-21-11-15(2-3-17(21)14-28-31)24-19-13-22-18(25(19)30-29-24)12-23(35-22)20-10-16(4-5-27-20)26(33)32-6-8-34-9-7-32/h2-5,10-12,14H,6-9,13H2,1H3,(H,29,30). The Morgan fingerprint density at radius 1 is 1.14 bits per heavy atom. The van der Waals surface area contributed by atoms with Crippen LogP contribution in [0.4, 0.5) is 0 Å². The number of nitrogens with one attached hydrogen (secondary N) is 1. The van der Waals surface area contributed by atoms with Crippen molar-refractivity contribution in [3.05, 3.63) is 64.8 Å². The molecule has 2 aliphatic rings. The molecule has 0 bridgehead atoms. The van der Waals surface area contributed by atoms with E-state index in [0.717, 1.165) is 44.8 Å². The summed E-state index contributed by atoms with van der Waals surface area (Å²) in [5.41, 5.74) is 8.13. The van der Waals surface area contributed by atoms with Crippen molar-refractivity contribution in [2.24, 2.45) is 7.05 Å². The van der Waals surface area contributed by atoms with Crippen molar-refractivity contribution in [2.75, 3.05) is 26.3 Å². The van der Waals surface area contributed by atoms with Gasteiger partial charge in [-0.1, -0.05) is 12.1 Å². The highest BCUT2D eigenvalue weighted by Crippen LogP contribution is 2.46. The number of hydrogen-bond acceptors (Lipinski definition) is 6. The molecular weight excluding hydrogens is 460 g/mol. The van der Waals surface area contributed by atoms with Gasteiger partial charge in [0.05, 0.1) is 46.9 Å². The number of thiophene rings is 1. The first-order chi connectivity index (χ1) is 17.2. The number of ether oxygens (including phenoxy) is 1. The molecule has 5 heterocycles. The van der Waals surface area contributed by atoms with Crippen LogP contribution in [0.1, 0.15) is 20.8 Å². The molecule has 0 saturated carbocycles. The summed E-state index contributed by atoms with van der Waals surface area (Å²) in [4.78, 5) is 21.7. The number of fused-ring (bicyclic) bond motifs is 4. The van der Waals surface area contributed by atoms with Crippen molar-refractivity contribution >= 4 is 28.1 Å². The lowest BCUT2D eigenvalue weighted by Gasteiger charge is -2.26. The SMILES string of the molecule is Cn1ncc2ccc(-c3n[nH]c4c3Cc3sc(-c5cc(C(=O)N6CCOCC6)ccn5)cc3-4)cc21. The smallest absolute Gasteiger partial charge is 0.254 e. The molecule has 9 heteroatoms. The molecule has 1 fully saturated rings. The highest BCUT2D eigenvalue weighted by atomic mass is 32.1. The molecule has 7 rings (SSSR count). The van der Waals surface area contributed by atoms with E-state index in [-0.39, 0.29) is 5.91 Å². The summed E-state index contributed by atoms with van der Waals surface area (Å²) in [7, 11) is 1.96. The Morgan fingerprint density at radius 3 is 2.91 bits per heavy atom. The maximum Gasteiger partial charge on any atom is 0.254 e. The van der Waals surface area contributed by atoms with E-state index in [0.29, 0.717) is 31.9 Å². The molecule has 0 radical (unpaired) electrons. The van der Waals surface area contributed by atoms with E-state index in [1.807, 2.05) is 28.9 Å². The molecule has 8 nitrogen and oxygen atoms in total. The zero-order valence-electron chi connectivity index (χ0n) is 19.1.